The van der Waals surface area contributed by atoms with Gasteiger partial charge in [0.25, 0.3) is 0 Å². The summed E-state index contributed by atoms with van der Waals surface area (Å²) in [6, 6.07) is 18.9. The van der Waals surface area contributed by atoms with Crippen molar-refractivity contribution in [2.75, 3.05) is 13.2 Å². The fourth-order valence-electron chi connectivity index (χ4n) is 4.98. The molecule has 0 aliphatic carbocycles. The highest BCUT2D eigenvalue weighted by Gasteiger charge is 2.28. The molecule has 0 unspecified atom stereocenters. The summed E-state index contributed by atoms with van der Waals surface area (Å²) < 4.78 is 10.6. The predicted octanol–water partition coefficient (Wildman–Crippen LogP) is 7.56. The van der Waals surface area contributed by atoms with Crippen LogP contribution >= 0.6 is 0 Å². The van der Waals surface area contributed by atoms with Crippen molar-refractivity contribution >= 4 is 23.6 Å². The second-order valence-corrected chi connectivity index (χ2v) is 9.79. The smallest absolute Gasteiger partial charge is 0.340 e. The highest BCUT2D eigenvalue weighted by atomic mass is 16.5. The molecule has 4 aromatic rings. The SMILES string of the molecule is CCOC(=O)c1c(C)nc(N=Nc2nc(C)c(C(=O)OCC)c(-c3ccccc3C)c2C#N)c(C#N)c1-c1ccccc1C. The lowest BCUT2D eigenvalue weighted by Gasteiger charge is -2.17. The number of nitriles is 2. The van der Waals surface area contributed by atoms with Gasteiger partial charge in [0.2, 0.25) is 0 Å². The second-order valence-electron chi connectivity index (χ2n) is 9.79. The summed E-state index contributed by atoms with van der Waals surface area (Å²) in [4.78, 5) is 35.1. The average molecular weight is 587 g/mol. The Morgan fingerprint density at radius 1 is 0.682 bits per heavy atom. The van der Waals surface area contributed by atoms with Crippen molar-refractivity contribution in [1.29, 1.82) is 10.5 Å². The number of rotatable bonds is 8. The molecule has 0 aliphatic rings. The third-order valence-electron chi connectivity index (χ3n) is 6.97. The van der Waals surface area contributed by atoms with Gasteiger partial charge in [0, 0.05) is 11.1 Å². The topological polar surface area (TPSA) is 151 Å². The van der Waals surface area contributed by atoms with E-state index in [-0.39, 0.29) is 58.5 Å². The Bertz CT molecular complexity index is 1760. The zero-order chi connectivity index (χ0) is 32.0. The molecule has 2 heterocycles. The average Bonchev–Trinajstić information content (AvgIpc) is 3.00. The lowest BCUT2D eigenvalue weighted by Crippen LogP contribution is -2.12. The summed E-state index contributed by atoms with van der Waals surface area (Å²) in [6.07, 6.45) is 0. The predicted molar refractivity (Wildman–Crippen MR) is 164 cm³/mol. The van der Waals surface area contributed by atoms with Crippen LogP contribution in [-0.2, 0) is 9.47 Å². The molecule has 0 amide bonds. The summed E-state index contributed by atoms with van der Waals surface area (Å²) in [6.45, 7) is 10.7. The van der Waals surface area contributed by atoms with Gasteiger partial charge in [0.15, 0.2) is 11.6 Å². The monoisotopic (exact) mass is 586 g/mol. The van der Waals surface area contributed by atoms with Crippen molar-refractivity contribution in [2.45, 2.75) is 41.5 Å². The van der Waals surface area contributed by atoms with Gasteiger partial charge < -0.3 is 9.47 Å². The number of ether oxygens (including phenoxy) is 2. The van der Waals surface area contributed by atoms with Gasteiger partial charge in [-0.25, -0.2) is 19.6 Å². The Kier molecular flexibility index (Phi) is 9.57. The minimum Gasteiger partial charge on any atom is -0.462 e. The molecule has 220 valence electrons. The fourth-order valence-corrected chi connectivity index (χ4v) is 4.98. The van der Waals surface area contributed by atoms with Gasteiger partial charge in [-0.2, -0.15) is 10.5 Å². The van der Waals surface area contributed by atoms with Gasteiger partial charge in [-0.15, -0.1) is 10.2 Å². The Balaban J connectivity index is 2.02. The molecule has 0 spiro atoms. The van der Waals surface area contributed by atoms with Crippen LogP contribution in [0, 0.1) is 50.4 Å². The summed E-state index contributed by atoms with van der Waals surface area (Å²) in [7, 11) is 0. The molecule has 10 heteroatoms. The van der Waals surface area contributed by atoms with Crippen LogP contribution in [0.25, 0.3) is 22.3 Å². The summed E-state index contributed by atoms with van der Waals surface area (Å²) in [5, 5.41) is 29.3. The molecule has 0 saturated carbocycles. The maximum absolute atomic E-state index is 13.1. The van der Waals surface area contributed by atoms with Gasteiger partial charge in [-0.05, 0) is 63.8 Å². The van der Waals surface area contributed by atoms with E-state index in [1.54, 1.807) is 52.0 Å². The quantitative estimate of drug-likeness (QED) is 0.152. The van der Waals surface area contributed by atoms with E-state index in [1.807, 2.05) is 38.1 Å². The third-order valence-corrected chi connectivity index (χ3v) is 6.97. The molecule has 0 atom stereocenters. The molecule has 2 aromatic carbocycles. The summed E-state index contributed by atoms with van der Waals surface area (Å²) in [5.41, 5.74) is 4.49. The van der Waals surface area contributed by atoms with E-state index in [2.05, 4.69) is 32.3 Å². The molecule has 2 aromatic heterocycles. The van der Waals surface area contributed by atoms with Crippen molar-refractivity contribution < 1.29 is 19.1 Å². The first kappa shape index (κ1) is 31.2. The van der Waals surface area contributed by atoms with Crippen LogP contribution < -0.4 is 0 Å². The van der Waals surface area contributed by atoms with E-state index in [1.165, 1.54) is 0 Å². The van der Waals surface area contributed by atoms with Gasteiger partial charge in [0.1, 0.15) is 23.3 Å². The van der Waals surface area contributed by atoms with Crippen molar-refractivity contribution in [1.82, 2.24) is 9.97 Å². The number of hydrogen-bond donors (Lipinski definition) is 0. The van der Waals surface area contributed by atoms with Crippen LogP contribution in [0.4, 0.5) is 11.6 Å². The third kappa shape index (κ3) is 5.92. The summed E-state index contributed by atoms with van der Waals surface area (Å²) in [5.74, 6) is -1.35. The number of hydrogen-bond acceptors (Lipinski definition) is 10. The second kappa shape index (κ2) is 13.5. The Hall–Kier alpha value is -5.74. The summed E-state index contributed by atoms with van der Waals surface area (Å²) >= 11 is 0. The Morgan fingerprint density at radius 2 is 1.05 bits per heavy atom. The van der Waals surface area contributed by atoms with Crippen molar-refractivity contribution in [3.05, 3.63) is 93.3 Å². The fraction of sp³-hybridized carbons (Fsp3) is 0.235. The van der Waals surface area contributed by atoms with Crippen molar-refractivity contribution in [2.24, 2.45) is 10.2 Å². The van der Waals surface area contributed by atoms with Crippen LogP contribution in [0.5, 0.6) is 0 Å². The van der Waals surface area contributed by atoms with E-state index in [9.17, 15) is 20.1 Å². The first-order valence-electron chi connectivity index (χ1n) is 14.0. The van der Waals surface area contributed by atoms with Gasteiger partial charge in [-0.3, -0.25) is 0 Å². The molecular weight excluding hydrogens is 556 g/mol. The van der Waals surface area contributed by atoms with E-state index >= 15 is 0 Å². The Labute approximate surface area is 255 Å². The molecule has 4 rings (SSSR count). The van der Waals surface area contributed by atoms with Crippen LogP contribution in [0.15, 0.2) is 58.8 Å². The molecule has 0 radical (unpaired) electrons. The van der Waals surface area contributed by atoms with Crippen molar-refractivity contribution in [3.8, 4) is 34.4 Å². The number of esters is 2. The van der Waals surface area contributed by atoms with Gasteiger partial charge in [0.05, 0.1) is 35.7 Å². The number of azo groups is 1. The number of carbonyl (C=O) groups excluding carboxylic acids is 2. The number of carbonyl (C=O) groups is 2. The molecule has 0 aliphatic heterocycles. The molecule has 0 bridgehead atoms. The number of aromatic nitrogens is 2. The minimum atomic E-state index is -0.614. The Morgan fingerprint density at radius 3 is 1.36 bits per heavy atom. The number of nitrogens with zero attached hydrogens (tertiary/aromatic N) is 6. The maximum atomic E-state index is 13.1. The van der Waals surface area contributed by atoms with Gasteiger partial charge in [-0.1, -0.05) is 48.5 Å². The number of benzene rings is 2. The van der Waals surface area contributed by atoms with E-state index < -0.39 is 11.9 Å². The van der Waals surface area contributed by atoms with Crippen LogP contribution in [0.2, 0.25) is 0 Å². The molecule has 10 nitrogen and oxygen atoms in total. The van der Waals surface area contributed by atoms with E-state index in [4.69, 9.17) is 9.47 Å². The van der Waals surface area contributed by atoms with Crippen LogP contribution in [0.1, 0.15) is 68.2 Å². The zero-order valence-corrected chi connectivity index (χ0v) is 25.3. The molecule has 44 heavy (non-hydrogen) atoms. The normalized spacial score (nSPS) is 10.7. The van der Waals surface area contributed by atoms with Crippen LogP contribution in [0.3, 0.4) is 0 Å². The van der Waals surface area contributed by atoms with Crippen LogP contribution in [-0.4, -0.2) is 35.1 Å². The lowest BCUT2D eigenvalue weighted by molar-refractivity contribution is 0.0516. The first-order chi connectivity index (χ1) is 21.2. The zero-order valence-electron chi connectivity index (χ0n) is 25.3. The standard InChI is InChI=1S/C34H30N6O4/c1-7-43-33(41)27-21(5)37-31(25(17-35)29(27)23-15-11-9-13-19(23)3)39-40-32-26(18-36)30(24-16-12-10-14-20(24)4)28(22(6)38-32)34(42)44-8-2/h9-16H,7-8H2,1-6H3. The van der Waals surface area contributed by atoms with Gasteiger partial charge >= 0.3 is 11.9 Å². The maximum Gasteiger partial charge on any atom is 0.340 e. The molecule has 0 fully saturated rings. The highest BCUT2D eigenvalue weighted by molar-refractivity contribution is 6.02. The number of pyridine rings is 2. The minimum absolute atomic E-state index is 0.00852. The number of aryl methyl sites for hydroxylation is 4. The first-order valence-corrected chi connectivity index (χ1v) is 14.0. The van der Waals surface area contributed by atoms with E-state index in [0.29, 0.717) is 22.3 Å². The molecular formula is C34H30N6O4. The molecule has 0 saturated heterocycles. The molecule has 0 N–H and O–H groups in total. The highest BCUT2D eigenvalue weighted by Crippen LogP contribution is 2.39. The lowest BCUT2D eigenvalue weighted by atomic mass is 9.91. The van der Waals surface area contributed by atoms with E-state index in [0.717, 1.165) is 11.1 Å². The van der Waals surface area contributed by atoms with Crippen molar-refractivity contribution in [3.63, 3.8) is 0 Å². The largest absolute Gasteiger partial charge is 0.462 e.